The Hall–Kier alpha value is -2.02. The predicted octanol–water partition coefficient (Wildman–Crippen LogP) is 1.77. The second kappa shape index (κ2) is 6.42. The van der Waals surface area contributed by atoms with Gasteiger partial charge in [0.05, 0.1) is 23.8 Å². The molecule has 7 heteroatoms. The summed E-state index contributed by atoms with van der Waals surface area (Å²) >= 11 is 0. The summed E-state index contributed by atoms with van der Waals surface area (Å²) in [5.74, 6) is -4.80. The highest BCUT2D eigenvalue weighted by Crippen LogP contribution is 2.18. The second-order valence-electron chi connectivity index (χ2n) is 4.34. The SMILES string of the molecule is COCC(C)N(C)C(=O)c1cc(F)c(F)cc1C(=O)O. The number of hydrogen-bond donors (Lipinski definition) is 1. The summed E-state index contributed by atoms with van der Waals surface area (Å²) in [5.41, 5.74) is -0.979. The first-order valence-corrected chi connectivity index (χ1v) is 5.78. The number of aromatic carboxylic acids is 1. The van der Waals surface area contributed by atoms with Gasteiger partial charge in [-0.2, -0.15) is 0 Å². The Bertz CT molecular complexity index is 533. The van der Waals surface area contributed by atoms with Crippen LogP contribution in [0.1, 0.15) is 27.6 Å². The molecule has 1 unspecified atom stereocenters. The van der Waals surface area contributed by atoms with E-state index in [0.717, 1.165) is 0 Å². The fourth-order valence-corrected chi connectivity index (χ4v) is 1.64. The number of hydrogen-bond acceptors (Lipinski definition) is 3. The number of carbonyl (C=O) groups excluding carboxylic acids is 1. The minimum Gasteiger partial charge on any atom is -0.478 e. The van der Waals surface area contributed by atoms with Gasteiger partial charge in [0.2, 0.25) is 0 Å². The fourth-order valence-electron chi connectivity index (χ4n) is 1.64. The zero-order valence-corrected chi connectivity index (χ0v) is 11.3. The number of nitrogens with zero attached hydrogens (tertiary/aromatic N) is 1. The molecule has 0 heterocycles. The van der Waals surface area contributed by atoms with Crippen LogP contribution in [0.25, 0.3) is 0 Å². The number of likely N-dealkylation sites (N-methyl/N-ethyl adjacent to an activating group) is 1. The zero-order valence-electron chi connectivity index (χ0n) is 11.3. The molecule has 0 bridgehead atoms. The van der Waals surface area contributed by atoms with Gasteiger partial charge in [0.15, 0.2) is 11.6 Å². The molecule has 1 atom stereocenters. The third-order valence-corrected chi connectivity index (χ3v) is 2.91. The average Bonchev–Trinajstić information content (AvgIpc) is 2.39. The highest BCUT2D eigenvalue weighted by molar-refractivity contribution is 6.04. The molecular weight excluding hydrogens is 272 g/mol. The Balaban J connectivity index is 3.21. The Labute approximate surface area is 114 Å². The number of carboxylic acid groups (broad SMARTS) is 1. The molecule has 1 rings (SSSR count). The van der Waals surface area contributed by atoms with E-state index in [1.165, 1.54) is 19.1 Å². The average molecular weight is 287 g/mol. The van der Waals surface area contributed by atoms with Crippen molar-refractivity contribution in [2.75, 3.05) is 20.8 Å². The fraction of sp³-hybridized carbons (Fsp3) is 0.385. The second-order valence-corrected chi connectivity index (χ2v) is 4.34. The van der Waals surface area contributed by atoms with E-state index in [-0.39, 0.29) is 12.6 Å². The van der Waals surface area contributed by atoms with Crippen LogP contribution in [0.4, 0.5) is 8.78 Å². The predicted molar refractivity (Wildman–Crippen MR) is 66.7 cm³/mol. The lowest BCUT2D eigenvalue weighted by atomic mass is 10.1. The molecule has 0 aromatic heterocycles. The van der Waals surface area contributed by atoms with Crippen LogP contribution in [0, 0.1) is 11.6 Å². The number of carboxylic acids is 1. The van der Waals surface area contributed by atoms with Crippen molar-refractivity contribution in [2.24, 2.45) is 0 Å². The van der Waals surface area contributed by atoms with Crippen LogP contribution in [0.3, 0.4) is 0 Å². The highest BCUT2D eigenvalue weighted by atomic mass is 19.2. The summed E-state index contributed by atoms with van der Waals surface area (Å²) in [6.45, 7) is 1.91. The van der Waals surface area contributed by atoms with Crippen molar-refractivity contribution >= 4 is 11.9 Å². The zero-order chi connectivity index (χ0) is 15.4. The Kier molecular flexibility index (Phi) is 5.15. The Morgan fingerprint density at radius 2 is 1.80 bits per heavy atom. The maximum atomic E-state index is 13.2. The van der Waals surface area contributed by atoms with E-state index in [9.17, 15) is 18.4 Å². The largest absolute Gasteiger partial charge is 0.478 e. The lowest BCUT2D eigenvalue weighted by molar-refractivity contribution is 0.0613. The van der Waals surface area contributed by atoms with Crippen LogP contribution >= 0.6 is 0 Å². The van der Waals surface area contributed by atoms with E-state index in [4.69, 9.17) is 9.84 Å². The number of ether oxygens (including phenoxy) is 1. The molecule has 0 spiro atoms. The molecular formula is C13H15F2NO4. The Morgan fingerprint density at radius 1 is 1.30 bits per heavy atom. The molecule has 110 valence electrons. The van der Waals surface area contributed by atoms with Gasteiger partial charge in [-0.05, 0) is 19.1 Å². The number of carbonyl (C=O) groups is 2. The van der Waals surface area contributed by atoms with Crippen LogP contribution in [0.15, 0.2) is 12.1 Å². The quantitative estimate of drug-likeness (QED) is 0.896. The minimum atomic E-state index is -1.50. The van der Waals surface area contributed by atoms with Crippen LogP contribution in [0.2, 0.25) is 0 Å². The molecule has 0 aliphatic carbocycles. The number of halogens is 2. The van der Waals surface area contributed by atoms with E-state index in [1.807, 2.05) is 0 Å². The van der Waals surface area contributed by atoms with Crippen LogP contribution in [0.5, 0.6) is 0 Å². The molecule has 1 N–H and O–H groups in total. The topological polar surface area (TPSA) is 66.8 Å². The molecule has 5 nitrogen and oxygen atoms in total. The van der Waals surface area contributed by atoms with Crippen molar-refractivity contribution < 1.29 is 28.2 Å². The normalized spacial score (nSPS) is 12.1. The number of benzene rings is 1. The van der Waals surface area contributed by atoms with Gasteiger partial charge in [-0.1, -0.05) is 0 Å². The first-order valence-electron chi connectivity index (χ1n) is 5.78. The third kappa shape index (κ3) is 3.30. The molecule has 0 radical (unpaired) electrons. The van der Waals surface area contributed by atoms with Gasteiger partial charge in [-0.25, -0.2) is 13.6 Å². The van der Waals surface area contributed by atoms with Crippen molar-refractivity contribution in [2.45, 2.75) is 13.0 Å². The van der Waals surface area contributed by atoms with Crippen LogP contribution in [-0.4, -0.2) is 48.7 Å². The van der Waals surface area contributed by atoms with Gasteiger partial charge in [0.1, 0.15) is 0 Å². The minimum absolute atomic E-state index is 0.230. The summed E-state index contributed by atoms with van der Waals surface area (Å²) in [6, 6.07) is 0.749. The lowest BCUT2D eigenvalue weighted by Gasteiger charge is -2.25. The maximum absolute atomic E-state index is 13.2. The molecule has 0 saturated carbocycles. The monoisotopic (exact) mass is 287 g/mol. The summed E-state index contributed by atoms with van der Waals surface area (Å²) in [7, 11) is 2.88. The smallest absolute Gasteiger partial charge is 0.336 e. The van der Waals surface area contributed by atoms with E-state index < -0.39 is 34.6 Å². The Morgan fingerprint density at radius 3 is 2.25 bits per heavy atom. The van der Waals surface area contributed by atoms with Gasteiger partial charge < -0.3 is 14.7 Å². The highest BCUT2D eigenvalue weighted by Gasteiger charge is 2.25. The summed E-state index contributed by atoms with van der Waals surface area (Å²) in [4.78, 5) is 24.4. The third-order valence-electron chi connectivity index (χ3n) is 2.91. The molecule has 0 saturated heterocycles. The first kappa shape index (κ1) is 16.0. The van der Waals surface area contributed by atoms with Gasteiger partial charge in [-0.15, -0.1) is 0 Å². The first-order chi connectivity index (χ1) is 9.29. The van der Waals surface area contributed by atoms with Gasteiger partial charge >= 0.3 is 5.97 Å². The van der Waals surface area contributed by atoms with Crippen molar-refractivity contribution in [1.82, 2.24) is 4.90 Å². The van der Waals surface area contributed by atoms with Gasteiger partial charge in [0.25, 0.3) is 5.91 Å². The molecule has 0 aliphatic rings. The molecule has 1 amide bonds. The molecule has 0 aliphatic heterocycles. The molecule has 1 aromatic rings. The number of methoxy groups -OCH3 is 1. The molecule has 0 fully saturated rings. The number of amides is 1. The maximum Gasteiger partial charge on any atom is 0.336 e. The van der Waals surface area contributed by atoms with Gasteiger partial charge in [-0.3, -0.25) is 4.79 Å². The summed E-state index contributed by atoms with van der Waals surface area (Å²) < 4.78 is 31.2. The van der Waals surface area contributed by atoms with E-state index in [2.05, 4.69) is 0 Å². The van der Waals surface area contributed by atoms with Gasteiger partial charge in [0, 0.05) is 14.2 Å². The van der Waals surface area contributed by atoms with Crippen molar-refractivity contribution in [3.63, 3.8) is 0 Å². The molecule has 1 aromatic carbocycles. The van der Waals surface area contributed by atoms with Crippen LogP contribution < -0.4 is 0 Å². The van der Waals surface area contributed by atoms with E-state index in [1.54, 1.807) is 6.92 Å². The lowest BCUT2D eigenvalue weighted by Crippen LogP contribution is -2.38. The van der Waals surface area contributed by atoms with Crippen molar-refractivity contribution in [1.29, 1.82) is 0 Å². The van der Waals surface area contributed by atoms with Crippen molar-refractivity contribution in [3.05, 3.63) is 34.9 Å². The van der Waals surface area contributed by atoms with Crippen molar-refractivity contribution in [3.8, 4) is 0 Å². The summed E-state index contributed by atoms with van der Waals surface area (Å²) in [6.07, 6.45) is 0. The van der Waals surface area contributed by atoms with E-state index >= 15 is 0 Å². The standard InChI is InChI=1S/C13H15F2NO4/c1-7(6-20-3)16(2)12(17)8-4-10(14)11(15)5-9(8)13(18)19/h4-5,7H,6H2,1-3H3,(H,18,19). The number of rotatable bonds is 5. The van der Waals surface area contributed by atoms with E-state index in [0.29, 0.717) is 12.1 Å². The van der Waals surface area contributed by atoms with Crippen LogP contribution in [-0.2, 0) is 4.74 Å². The molecule has 20 heavy (non-hydrogen) atoms. The summed E-state index contributed by atoms with van der Waals surface area (Å²) in [5, 5.41) is 8.97.